The third-order valence-corrected chi connectivity index (χ3v) is 0.0800. The lowest BCUT2D eigenvalue weighted by Crippen LogP contribution is -1.28. The van der Waals surface area contributed by atoms with Gasteiger partial charge in [0.2, 0.25) is 9.82 Å². The van der Waals surface area contributed by atoms with Gasteiger partial charge in [-0.2, -0.15) is 0 Å². The van der Waals surface area contributed by atoms with Crippen LogP contribution in [0, 0.1) is 0 Å². The highest BCUT2D eigenvalue weighted by Gasteiger charge is 1.45. The van der Waals surface area contributed by atoms with Crippen LogP contribution in [0.15, 0.2) is 0 Å². The molecule has 0 aliphatic carbocycles. The first-order valence-corrected chi connectivity index (χ1v) is 0.800. The monoisotopic (exact) mass is 70.0 g/mol. The summed E-state index contributed by atoms with van der Waals surface area (Å²) in [7, 11) is 0. The fourth-order valence-electron chi connectivity index (χ4n) is 0.0179. The summed E-state index contributed by atoms with van der Waals surface area (Å²) in [6, 6.07) is 0. The molecule has 0 heterocycles. The zero-order chi connectivity index (χ0) is 4.12. The summed E-state index contributed by atoms with van der Waals surface area (Å²) >= 11 is 0. The van der Waals surface area contributed by atoms with Gasteiger partial charge >= 0.3 is 0 Å². The lowest BCUT2D eigenvalue weighted by atomic mass is 12.8. The molecule has 0 saturated heterocycles. The molecule has 5 nitrogen and oxygen atoms in total. The third kappa shape index (κ3) is 2.73. The molecule has 0 unspecified atom stereocenters. The third-order valence-electron chi connectivity index (χ3n) is 0.0800. The predicted molar refractivity (Wildman–Crippen MR) is 15.6 cm³/mol. The van der Waals surface area contributed by atoms with Gasteiger partial charge in [-0.1, -0.05) is 0 Å². The van der Waals surface area contributed by atoms with Crippen LogP contribution in [-0.4, -0.2) is 0 Å². The van der Waals surface area contributed by atoms with Crippen LogP contribution < -0.4 is 4.91 Å². The highest BCUT2D eigenvalue weighted by atomic mass is 15.2. The average molecular weight is 70.0 g/mol. The minimum Gasteiger partial charge on any atom is 0.139 e. The molecule has 0 N–H and O–H groups in total. The summed E-state index contributed by atoms with van der Waals surface area (Å²) in [6.07, 6.45) is 0. The second-order valence-corrected chi connectivity index (χ2v) is 0.268. The van der Waals surface area contributed by atoms with Crippen molar-refractivity contribution in [2.24, 2.45) is 0 Å². The quantitative estimate of drug-likeness (QED) is 0.228. The standard InChI is InChI=1S/N5/c1-3-5-4-2/q+1. The molecular weight excluding hydrogens is 70.0 g/mol. The molecule has 0 rings (SSSR count). The minimum absolute atomic E-state index is 2.06. The summed E-state index contributed by atoms with van der Waals surface area (Å²) in [5, 5.41) is 0. The Morgan fingerprint density at radius 2 is 1.40 bits per heavy atom. The first-order valence-electron chi connectivity index (χ1n) is 0.800. The van der Waals surface area contributed by atoms with Crippen molar-refractivity contribution in [2.45, 2.75) is 0 Å². The Hall–Kier alpha value is -1.27. The Morgan fingerprint density at radius 3 is 1.40 bits per heavy atom. The number of nitrogens with zero attached hydrogens (tertiary/aromatic N) is 5. The fraction of sp³-hybridized carbons (Fsp3) is 0. The molecule has 0 bridgehead atoms. The minimum atomic E-state index is 2.06. The van der Waals surface area contributed by atoms with E-state index in [1.54, 1.807) is 0 Å². The van der Waals surface area contributed by atoms with Gasteiger partial charge in [0.25, 0.3) is 4.91 Å². The van der Waals surface area contributed by atoms with E-state index < -0.39 is 0 Å². The maximum atomic E-state index is 7.27. The van der Waals surface area contributed by atoms with Crippen LogP contribution in [0.25, 0.3) is 20.9 Å². The van der Waals surface area contributed by atoms with E-state index in [1.807, 2.05) is 0 Å². The normalized spacial score (nSPS) is 3.20. The van der Waals surface area contributed by atoms with E-state index in [0.717, 1.165) is 0 Å². The smallest absolute Gasteiger partial charge is 0.139 e. The van der Waals surface area contributed by atoms with Crippen molar-refractivity contribution >= 4 is 0 Å². The van der Waals surface area contributed by atoms with Gasteiger partial charge < -0.3 is 0 Å². The van der Waals surface area contributed by atoms with Gasteiger partial charge in [-0.15, -0.1) is 0 Å². The lowest BCUT2D eigenvalue weighted by molar-refractivity contribution is 1.50. The van der Waals surface area contributed by atoms with E-state index in [9.17, 15) is 0 Å². The molecule has 0 spiro atoms. The molecule has 24 valence electrons. The Balaban J connectivity index is 4.38. The van der Waals surface area contributed by atoms with Gasteiger partial charge in [0.15, 0.2) is 0 Å². The van der Waals surface area contributed by atoms with E-state index in [-0.39, 0.29) is 0 Å². The van der Waals surface area contributed by atoms with Gasteiger partial charge in [0.05, 0.1) is 0 Å². The Labute approximate surface area is 27.1 Å². The first-order chi connectivity index (χ1) is 2.41. The molecule has 5 heavy (non-hydrogen) atoms. The lowest BCUT2D eigenvalue weighted by Gasteiger charge is -1.00. The SMILES string of the molecule is [N-]=[N+]=[N+]=[N+]=[N-]. The zero-order valence-electron chi connectivity index (χ0n) is 2.24. The van der Waals surface area contributed by atoms with E-state index in [4.69, 9.17) is 11.1 Å². The molecule has 0 aromatic rings. The molecule has 0 aliphatic rings. The first kappa shape index (κ1) is 3.73. The molecule has 0 aromatic heterocycles. The van der Waals surface area contributed by atoms with Crippen LogP contribution in [0.2, 0.25) is 0 Å². The molecule has 0 atom stereocenters. The number of rotatable bonds is 0. The van der Waals surface area contributed by atoms with E-state index in [1.165, 1.54) is 0 Å². The summed E-state index contributed by atoms with van der Waals surface area (Å²) in [6.45, 7) is 0. The van der Waals surface area contributed by atoms with Crippen molar-refractivity contribution in [2.75, 3.05) is 0 Å². The van der Waals surface area contributed by atoms with Crippen molar-refractivity contribution in [1.29, 1.82) is 0 Å². The van der Waals surface area contributed by atoms with Crippen molar-refractivity contribution in [3.63, 3.8) is 0 Å². The fourth-order valence-corrected chi connectivity index (χ4v) is 0.0179. The largest absolute Gasteiger partial charge is 0.260 e. The van der Waals surface area contributed by atoms with Crippen LogP contribution in [0.4, 0.5) is 0 Å². The summed E-state index contributed by atoms with van der Waals surface area (Å²) in [5.74, 6) is 0. The van der Waals surface area contributed by atoms with Crippen molar-refractivity contribution < 1.29 is 0 Å². The van der Waals surface area contributed by atoms with Gasteiger partial charge in [0, 0.05) is 0 Å². The van der Waals surface area contributed by atoms with Crippen LogP contribution in [0.1, 0.15) is 0 Å². The molecule has 0 fully saturated rings. The van der Waals surface area contributed by atoms with E-state index >= 15 is 0 Å². The summed E-state index contributed by atoms with van der Waals surface area (Å²) in [5.41, 5.74) is 14.5. The molecule has 0 radical (unpaired) electrons. The topological polar surface area (TPSA) is 86.9 Å². The van der Waals surface area contributed by atoms with Crippen molar-refractivity contribution in [3.8, 4) is 0 Å². The highest BCUT2D eigenvalue weighted by molar-refractivity contribution is 4.33. The van der Waals surface area contributed by atoms with Crippen LogP contribution in [0.5, 0.6) is 0 Å². The maximum absolute atomic E-state index is 7.27. The van der Waals surface area contributed by atoms with Gasteiger partial charge in [-0.3, -0.25) is 0 Å². The van der Waals surface area contributed by atoms with Crippen LogP contribution in [0.3, 0.4) is 0 Å². The van der Waals surface area contributed by atoms with Gasteiger partial charge in [-0.25, -0.2) is 0 Å². The Bertz CT molecular complexity index is 92.0. The van der Waals surface area contributed by atoms with Crippen molar-refractivity contribution in [1.82, 2.24) is 4.91 Å². The second-order valence-electron chi connectivity index (χ2n) is 0.268. The molecule has 5 heteroatoms. The molecule has 0 aromatic carbocycles. The van der Waals surface area contributed by atoms with Crippen molar-refractivity contribution in [3.05, 3.63) is 20.9 Å². The van der Waals surface area contributed by atoms with E-state index in [2.05, 4.69) is 14.7 Å². The van der Waals surface area contributed by atoms with Crippen LogP contribution in [-0.2, 0) is 0 Å². The molecule has 0 saturated carbocycles. The summed E-state index contributed by atoms with van der Waals surface area (Å²) < 4.78 is 0. The Kier molecular flexibility index (Phi) is 2.04. The molecular formula is N5+. The van der Waals surface area contributed by atoms with Gasteiger partial charge in [-0.05, 0) is 0 Å². The highest BCUT2D eigenvalue weighted by Crippen LogP contribution is 1.33. The van der Waals surface area contributed by atoms with Crippen LogP contribution >= 0.6 is 0 Å². The second kappa shape index (κ2) is 2.73. The number of hydrogen-bond donors (Lipinski definition) is 0. The van der Waals surface area contributed by atoms with E-state index in [0.29, 0.717) is 0 Å². The number of hydrogen-bond acceptors (Lipinski definition) is 0. The van der Waals surface area contributed by atoms with Gasteiger partial charge in [0.1, 0.15) is 11.1 Å². The molecule has 0 aliphatic heterocycles. The molecule has 0 amide bonds. The average Bonchev–Trinajstić information content (AvgIpc) is 1.41. The predicted octanol–water partition coefficient (Wildman–Crippen LogP) is 0.674. The summed E-state index contributed by atoms with van der Waals surface area (Å²) in [4.78, 5) is 6.46. The zero-order valence-corrected chi connectivity index (χ0v) is 2.24. The Morgan fingerprint density at radius 1 is 1.00 bits per heavy atom. The maximum Gasteiger partial charge on any atom is 0.260 e.